The molecule has 0 amide bonds. The third-order valence-corrected chi connectivity index (χ3v) is 4.41. The van der Waals surface area contributed by atoms with Crippen molar-refractivity contribution in [2.24, 2.45) is 0 Å². The van der Waals surface area contributed by atoms with Gasteiger partial charge in [0.2, 0.25) is 0 Å². The van der Waals surface area contributed by atoms with Gasteiger partial charge in [0.1, 0.15) is 5.82 Å². The van der Waals surface area contributed by atoms with Crippen LogP contribution in [0.5, 0.6) is 0 Å². The van der Waals surface area contributed by atoms with Crippen molar-refractivity contribution in [3.8, 4) is 0 Å². The average molecular weight is 313 g/mol. The number of nitrogens with one attached hydrogen (secondary N) is 1. The largest absolute Gasteiger partial charge is 0.294 e. The Kier molecular flexibility index (Phi) is 4.23. The van der Waals surface area contributed by atoms with E-state index in [1.807, 2.05) is 12.4 Å². The van der Waals surface area contributed by atoms with E-state index in [2.05, 4.69) is 54.7 Å². The summed E-state index contributed by atoms with van der Waals surface area (Å²) >= 11 is 0. The maximum atomic E-state index is 4.74. The van der Waals surface area contributed by atoms with Gasteiger partial charge in [-0.25, -0.2) is 9.97 Å². The summed E-state index contributed by atoms with van der Waals surface area (Å²) in [6, 6.07) is 0. The van der Waals surface area contributed by atoms with Gasteiger partial charge in [0.25, 0.3) is 0 Å². The fraction of sp³-hybridized carbons (Fsp3) is 0.611. The average Bonchev–Trinajstić information content (AvgIpc) is 2.95. The van der Waals surface area contributed by atoms with Crippen LogP contribution >= 0.6 is 0 Å². The van der Waals surface area contributed by atoms with Crippen molar-refractivity contribution in [1.29, 1.82) is 0 Å². The van der Waals surface area contributed by atoms with E-state index in [0.29, 0.717) is 5.92 Å². The molecule has 1 aliphatic heterocycles. The zero-order chi connectivity index (χ0) is 16.6. The minimum absolute atomic E-state index is 0.0921. The molecular formula is C18H27N5. The van der Waals surface area contributed by atoms with E-state index < -0.39 is 0 Å². The second kappa shape index (κ2) is 6.04. The van der Waals surface area contributed by atoms with Gasteiger partial charge >= 0.3 is 0 Å². The molecule has 23 heavy (non-hydrogen) atoms. The third kappa shape index (κ3) is 3.44. The maximum Gasteiger partial charge on any atom is 0.131 e. The summed E-state index contributed by atoms with van der Waals surface area (Å²) in [5.41, 5.74) is 5.11. The second-order valence-electron chi connectivity index (χ2n) is 7.84. The molecule has 1 N–H and O–H groups in total. The minimum atomic E-state index is 0.0921. The molecule has 5 heteroatoms. The molecule has 0 bridgehead atoms. The van der Waals surface area contributed by atoms with Crippen molar-refractivity contribution in [2.45, 2.75) is 65.5 Å². The topological polar surface area (TPSA) is 57.7 Å². The van der Waals surface area contributed by atoms with Crippen molar-refractivity contribution in [2.75, 3.05) is 6.54 Å². The molecule has 5 nitrogen and oxygen atoms in total. The molecule has 2 aromatic rings. The summed E-state index contributed by atoms with van der Waals surface area (Å²) in [4.78, 5) is 11.7. The van der Waals surface area contributed by atoms with Crippen LogP contribution in [0.3, 0.4) is 0 Å². The molecule has 3 rings (SSSR count). The monoisotopic (exact) mass is 313 g/mol. The summed E-state index contributed by atoms with van der Waals surface area (Å²) in [6.45, 7) is 13.8. The van der Waals surface area contributed by atoms with Crippen molar-refractivity contribution >= 4 is 0 Å². The van der Waals surface area contributed by atoms with E-state index in [1.54, 1.807) is 0 Å². The minimum Gasteiger partial charge on any atom is -0.294 e. The van der Waals surface area contributed by atoms with Crippen molar-refractivity contribution in [3.05, 3.63) is 40.7 Å². The molecule has 0 unspecified atom stereocenters. The van der Waals surface area contributed by atoms with Crippen LogP contribution in [0, 0.1) is 0 Å². The molecule has 0 radical (unpaired) electrons. The molecule has 0 saturated carbocycles. The molecule has 0 saturated heterocycles. The highest BCUT2D eigenvalue weighted by atomic mass is 15.2. The Balaban J connectivity index is 1.75. The Hall–Kier alpha value is -1.75. The molecule has 0 atom stereocenters. The Morgan fingerprint density at radius 1 is 1.26 bits per heavy atom. The van der Waals surface area contributed by atoms with Gasteiger partial charge in [-0.15, -0.1) is 0 Å². The Bertz CT molecular complexity index is 681. The van der Waals surface area contributed by atoms with E-state index >= 15 is 0 Å². The number of fused-ring (bicyclic) bond motifs is 1. The van der Waals surface area contributed by atoms with Crippen LogP contribution in [-0.2, 0) is 24.9 Å². The summed E-state index contributed by atoms with van der Waals surface area (Å²) in [7, 11) is 0. The highest BCUT2D eigenvalue weighted by Crippen LogP contribution is 2.26. The SMILES string of the molecule is CC(C)c1ncc2c(n1)CCN(Cc1cn[nH]c1C(C)(C)C)C2. The first-order valence-electron chi connectivity index (χ1n) is 8.44. The van der Waals surface area contributed by atoms with Crippen LogP contribution in [0.1, 0.15) is 68.9 Å². The first kappa shape index (κ1) is 16.1. The van der Waals surface area contributed by atoms with Crippen LogP contribution in [-0.4, -0.2) is 31.6 Å². The van der Waals surface area contributed by atoms with E-state index in [9.17, 15) is 0 Å². The molecule has 1 aliphatic rings. The summed E-state index contributed by atoms with van der Waals surface area (Å²) in [5, 5.41) is 7.43. The lowest BCUT2D eigenvalue weighted by Crippen LogP contribution is -2.32. The Labute approximate surface area is 138 Å². The van der Waals surface area contributed by atoms with E-state index in [0.717, 1.165) is 31.9 Å². The van der Waals surface area contributed by atoms with E-state index in [1.165, 1.54) is 22.5 Å². The lowest BCUT2D eigenvalue weighted by Gasteiger charge is -2.29. The number of nitrogens with zero attached hydrogens (tertiary/aromatic N) is 4. The van der Waals surface area contributed by atoms with Gasteiger partial charge in [-0.1, -0.05) is 34.6 Å². The molecule has 0 spiro atoms. The standard InChI is InChI=1S/C18H27N5/c1-12(2)17-19-8-13-10-23(7-6-15(13)21-17)11-14-9-20-22-16(14)18(3,4)5/h8-9,12H,6-7,10-11H2,1-5H3,(H,20,22). The van der Waals surface area contributed by atoms with Crippen LogP contribution in [0.4, 0.5) is 0 Å². The predicted molar refractivity (Wildman–Crippen MR) is 91.2 cm³/mol. The van der Waals surface area contributed by atoms with Gasteiger partial charge in [0.05, 0.1) is 6.20 Å². The fourth-order valence-corrected chi connectivity index (χ4v) is 3.12. The van der Waals surface area contributed by atoms with Crippen molar-refractivity contribution in [1.82, 2.24) is 25.1 Å². The van der Waals surface area contributed by atoms with Crippen LogP contribution in [0.15, 0.2) is 12.4 Å². The Morgan fingerprint density at radius 2 is 2.04 bits per heavy atom. The zero-order valence-corrected chi connectivity index (χ0v) is 14.8. The number of aromatic amines is 1. The van der Waals surface area contributed by atoms with Gasteiger partial charge < -0.3 is 0 Å². The predicted octanol–water partition coefficient (Wildman–Crippen LogP) is 3.18. The molecular weight excluding hydrogens is 286 g/mol. The Morgan fingerprint density at radius 3 is 2.74 bits per heavy atom. The zero-order valence-electron chi connectivity index (χ0n) is 14.8. The third-order valence-electron chi connectivity index (χ3n) is 4.41. The molecule has 2 aromatic heterocycles. The van der Waals surface area contributed by atoms with Gasteiger partial charge in [-0.2, -0.15) is 5.10 Å². The lowest BCUT2D eigenvalue weighted by atomic mass is 9.89. The summed E-state index contributed by atoms with van der Waals surface area (Å²) < 4.78 is 0. The van der Waals surface area contributed by atoms with Crippen LogP contribution < -0.4 is 0 Å². The molecule has 124 valence electrons. The van der Waals surface area contributed by atoms with E-state index in [4.69, 9.17) is 4.98 Å². The highest BCUT2D eigenvalue weighted by molar-refractivity contribution is 5.25. The van der Waals surface area contributed by atoms with Gasteiger partial charge in [0, 0.05) is 66.1 Å². The number of hydrogen-bond donors (Lipinski definition) is 1. The van der Waals surface area contributed by atoms with Crippen molar-refractivity contribution in [3.63, 3.8) is 0 Å². The van der Waals surface area contributed by atoms with E-state index in [-0.39, 0.29) is 5.41 Å². The highest BCUT2D eigenvalue weighted by Gasteiger charge is 2.24. The van der Waals surface area contributed by atoms with Crippen LogP contribution in [0.25, 0.3) is 0 Å². The van der Waals surface area contributed by atoms with Crippen LogP contribution in [0.2, 0.25) is 0 Å². The number of rotatable bonds is 3. The summed E-state index contributed by atoms with van der Waals surface area (Å²) in [6.07, 6.45) is 4.98. The first-order valence-corrected chi connectivity index (χ1v) is 8.44. The first-order chi connectivity index (χ1) is 10.8. The normalized spacial score (nSPS) is 15.9. The van der Waals surface area contributed by atoms with Crippen molar-refractivity contribution < 1.29 is 0 Å². The van der Waals surface area contributed by atoms with Gasteiger partial charge in [-0.05, 0) is 0 Å². The summed E-state index contributed by atoms with van der Waals surface area (Å²) in [5.74, 6) is 1.35. The molecule has 0 aliphatic carbocycles. The number of H-pyrrole nitrogens is 1. The molecule has 0 aromatic carbocycles. The number of hydrogen-bond acceptors (Lipinski definition) is 4. The maximum absolute atomic E-state index is 4.74. The number of aromatic nitrogens is 4. The van der Waals surface area contributed by atoms with Gasteiger partial charge in [-0.3, -0.25) is 10.00 Å². The molecule has 0 fully saturated rings. The quantitative estimate of drug-likeness (QED) is 0.945. The second-order valence-corrected chi connectivity index (χ2v) is 7.84. The molecule has 3 heterocycles. The fourth-order valence-electron chi connectivity index (χ4n) is 3.12. The van der Waals surface area contributed by atoms with Gasteiger partial charge in [0.15, 0.2) is 0 Å². The lowest BCUT2D eigenvalue weighted by molar-refractivity contribution is 0.241. The smallest absolute Gasteiger partial charge is 0.131 e.